The molecule has 4 nitrogen and oxygen atoms in total. The lowest BCUT2D eigenvalue weighted by Crippen LogP contribution is -2.56. The van der Waals surface area contributed by atoms with Crippen molar-refractivity contribution < 1.29 is 14.3 Å². The lowest BCUT2D eigenvalue weighted by Gasteiger charge is -2.56. The first kappa shape index (κ1) is 18.2. The minimum Gasteiger partial charge on any atom is -0.459 e. The van der Waals surface area contributed by atoms with Gasteiger partial charge >= 0.3 is 5.97 Å². The summed E-state index contributed by atoms with van der Waals surface area (Å²) in [6.45, 7) is 3.04. The van der Waals surface area contributed by atoms with Crippen molar-refractivity contribution in [3.63, 3.8) is 0 Å². The van der Waals surface area contributed by atoms with Crippen LogP contribution >= 0.6 is 0 Å². The van der Waals surface area contributed by atoms with Crippen LogP contribution in [0.4, 0.5) is 0 Å². The van der Waals surface area contributed by atoms with E-state index in [-0.39, 0.29) is 29.9 Å². The monoisotopic (exact) mass is 381 g/mol. The van der Waals surface area contributed by atoms with Gasteiger partial charge in [0.25, 0.3) is 0 Å². The molecule has 1 amide bonds. The van der Waals surface area contributed by atoms with Crippen molar-refractivity contribution in [2.24, 2.45) is 23.2 Å². The van der Waals surface area contributed by atoms with Crippen molar-refractivity contribution in [2.45, 2.75) is 70.9 Å². The Hall–Kier alpha value is -1.84. The topological polar surface area (TPSA) is 46.6 Å². The number of aryl methyl sites for hydroxylation is 1. The molecule has 0 spiro atoms. The maximum absolute atomic E-state index is 13.6. The summed E-state index contributed by atoms with van der Waals surface area (Å²) >= 11 is 0. The van der Waals surface area contributed by atoms with Gasteiger partial charge in [-0.25, -0.2) is 4.79 Å². The van der Waals surface area contributed by atoms with E-state index in [0.29, 0.717) is 6.54 Å². The van der Waals surface area contributed by atoms with E-state index in [2.05, 4.69) is 0 Å². The molecular weight excluding hydrogens is 350 g/mol. The summed E-state index contributed by atoms with van der Waals surface area (Å²) < 4.78 is 5.62. The van der Waals surface area contributed by atoms with E-state index in [1.54, 1.807) is 0 Å². The molecule has 0 radical (unpaired) electrons. The molecule has 0 aromatic heterocycles. The highest BCUT2D eigenvalue weighted by atomic mass is 16.5. The number of ether oxygens (including phenoxy) is 1. The highest BCUT2D eigenvalue weighted by Crippen LogP contribution is 2.60. The lowest BCUT2D eigenvalue weighted by molar-refractivity contribution is -0.166. The van der Waals surface area contributed by atoms with Gasteiger partial charge in [0.2, 0.25) is 5.91 Å². The summed E-state index contributed by atoms with van der Waals surface area (Å²) in [6.07, 6.45) is 8.79. The first-order valence-corrected chi connectivity index (χ1v) is 11.1. The summed E-state index contributed by atoms with van der Waals surface area (Å²) in [4.78, 5) is 28.3. The van der Waals surface area contributed by atoms with Crippen LogP contribution in [0.15, 0.2) is 24.3 Å². The van der Waals surface area contributed by atoms with Gasteiger partial charge < -0.3 is 9.64 Å². The van der Waals surface area contributed by atoms with Gasteiger partial charge in [-0.1, -0.05) is 29.8 Å². The average molecular weight is 382 g/mol. The van der Waals surface area contributed by atoms with Crippen LogP contribution in [-0.4, -0.2) is 29.4 Å². The van der Waals surface area contributed by atoms with Crippen LogP contribution in [0.3, 0.4) is 0 Å². The second-order valence-electron chi connectivity index (χ2n) is 9.95. The molecule has 1 saturated heterocycles. The second kappa shape index (κ2) is 6.89. The van der Waals surface area contributed by atoms with Crippen molar-refractivity contribution in [3.05, 3.63) is 35.4 Å². The van der Waals surface area contributed by atoms with Crippen molar-refractivity contribution in [1.29, 1.82) is 0 Å². The van der Waals surface area contributed by atoms with Gasteiger partial charge in [0, 0.05) is 6.54 Å². The van der Waals surface area contributed by atoms with Crippen molar-refractivity contribution in [1.82, 2.24) is 4.90 Å². The van der Waals surface area contributed by atoms with E-state index in [0.717, 1.165) is 55.4 Å². The summed E-state index contributed by atoms with van der Waals surface area (Å²) in [6, 6.07) is 7.67. The number of amides is 1. The quantitative estimate of drug-likeness (QED) is 0.733. The number of esters is 1. The van der Waals surface area contributed by atoms with Gasteiger partial charge in [0.1, 0.15) is 12.6 Å². The molecule has 4 aliphatic carbocycles. The third-order valence-electron chi connectivity index (χ3n) is 7.78. The number of carbonyl (C=O) groups excluding carboxylic acids is 2. The molecule has 150 valence electrons. The number of likely N-dealkylation sites (tertiary alicyclic amines) is 1. The van der Waals surface area contributed by atoms with E-state index in [4.69, 9.17) is 4.74 Å². The molecular formula is C24H31NO3. The van der Waals surface area contributed by atoms with Crippen LogP contribution in [0.25, 0.3) is 0 Å². The molecule has 6 rings (SSSR count). The number of rotatable bonds is 4. The zero-order valence-electron chi connectivity index (χ0n) is 16.9. The van der Waals surface area contributed by atoms with Gasteiger partial charge in [0.05, 0.1) is 5.41 Å². The zero-order chi connectivity index (χ0) is 19.3. The van der Waals surface area contributed by atoms with Crippen molar-refractivity contribution >= 4 is 11.9 Å². The highest BCUT2D eigenvalue weighted by molar-refractivity contribution is 5.89. The second-order valence-corrected chi connectivity index (χ2v) is 9.95. The van der Waals surface area contributed by atoms with Gasteiger partial charge in [-0.3, -0.25) is 4.79 Å². The summed E-state index contributed by atoms with van der Waals surface area (Å²) in [7, 11) is 0. The molecule has 1 heterocycles. The van der Waals surface area contributed by atoms with Crippen LogP contribution in [0, 0.1) is 30.1 Å². The number of nitrogens with zero attached hydrogens (tertiary/aromatic N) is 1. The molecule has 28 heavy (non-hydrogen) atoms. The van der Waals surface area contributed by atoms with Gasteiger partial charge in [0.15, 0.2) is 0 Å². The van der Waals surface area contributed by atoms with Crippen LogP contribution in [0.1, 0.15) is 62.5 Å². The third kappa shape index (κ3) is 3.15. The first-order valence-electron chi connectivity index (χ1n) is 11.1. The Labute approximate surface area is 167 Å². The lowest BCUT2D eigenvalue weighted by atomic mass is 9.49. The van der Waals surface area contributed by atoms with Crippen molar-refractivity contribution in [3.8, 4) is 0 Å². The normalized spacial score (nSPS) is 36.0. The Kier molecular flexibility index (Phi) is 4.48. The molecule has 4 bridgehead atoms. The average Bonchev–Trinajstić information content (AvgIpc) is 3.15. The zero-order valence-corrected chi connectivity index (χ0v) is 16.9. The van der Waals surface area contributed by atoms with E-state index >= 15 is 0 Å². The number of benzene rings is 1. The molecule has 1 aliphatic heterocycles. The fraction of sp³-hybridized carbons (Fsp3) is 0.667. The minimum atomic E-state index is -0.383. The van der Waals surface area contributed by atoms with E-state index in [9.17, 15) is 9.59 Å². The smallest absolute Gasteiger partial charge is 0.329 e. The molecule has 1 aromatic rings. The van der Waals surface area contributed by atoms with E-state index < -0.39 is 0 Å². The fourth-order valence-corrected chi connectivity index (χ4v) is 6.87. The Bertz CT molecular complexity index is 733. The molecule has 1 aromatic carbocycles. The standard InChI is InChI=1S/C24H31NO3/c1-16-4-6-17(7-5-16)15-28-22(26)21-3-2-8-25(21)23(27)24-12-18-9-19(13-24)11-20(10-18)14-24/h4-7,18-21H,2-3,8-15H2,1H3/t18?,19?,20?,21-,24?/m0/s1. The molecule has 5 fully saturated rings. The van der Waals surface area contributed by atoms with Gasteiger partial charge in [-0.2, -0.15) is 0 Å². The summed E-state index contributed by atoms with van der Waals surface area (Å²) in [5.74, 6) is 2.26. The van der Waals surface area contributed by atoms with Crippen molar-refractivity contribution in [2.75, 3.05) is 6.54 Å². The molecule has 0 unspecified atom stereocenters. The largest absolute Gasteiger partial charge is 0.459 e. The Balaban J connectivity index is 1.26. The molecule has 5 aliphatic rings. The minimum absolute atomic E-state index is 0.172. The molecule has 0 N–H and O–H groups in total. The van der Waals surface area contributed by atoms with Crippen LogP contribution in [-0.2, 0) is 20.9 Å². The Morgan fingerprint density at radius 3 is 2.25 bits per heavy atom. The maximum Gasteiger partial charge on any atom is 0.329 e. The SMILES string of the molecule is Cc1ccc(COC(=O)[C@@H]2CCCN2C(=O)C23CC4CC(CC(C4)C2)C3)cc1. The first-order chi connectivity index (χ1) is 13.5. The summed E-state index contributed by atoms with van der Waals surface area (Å²) in [5.41, 5.74) is 2.02. The third-order valence-corrected chi connectivity index (χ3v) is 7.78. The molecule has 4 saturated carbocycles. The highest BCUT2D eigenvalue weighted by Gasteiger charge is 2.56. The fourth-order valence-electron chi connectivity index (χ4n) is 6.87. The number of carbonyl (C=O) groups is 2. The molecule has 4 heteroatoms. The summed E-state index contributed by atoms with van der Waals surface area (Å²) in [5, 5.41) is 0. The van der Waals surface area contributed by atoms with Crippen LogP contribution in [0.2, 0.25) is 0 Å². The number of hydrogen-bond acceptors (Lipinski definition) is 3. The van der Waals surface area contributed by atoms with Gasteiger partial charge in [-0.15, -0.1) is 0 Å². The predicted octanol–water partition coefficient (Wildman–Crippen LogP) is 4.25. The molecule has 1 atom stereocenters. The number of hydrogen-bond donors (Lipinski definition) is 0. The van der Waals surface area contributed by atoms with E-state index in [1.165, 1.54) is 24.8 Å². The van der Waals surface area contributed by atoms with Crippen LogP contribution in [0.5, 0.6) is 0 Å². The Morgan fingerprint density at radius 1 is 1.04 bits per heavy atom. The van der Waals surface area contributed by atoms with Gasteiger partial charge in [-0.05, 0) is 81.6 Å². The van der Waals surface area contributed by atoms with Crippen LogP contribution < -0.4 is 0 Å². The predicted molar refractivity (Wildman–Crippen MR) is 106 cm³/mol. The maximum atomic E-state index is 13.6. The van der Waals surface area contributed by atoms with E-state index in [1.807, 2.05) is 36.1 Å². The Morgan fingerprint density at radius 2 is 1.64 bits per heavy atom.